The number of hydrogen-bond donors (Lipinski definition) is 2. The Morgan fingerprint density at radius 1 is 1.19 bits per heavy atom. The highest BCUT2D eigenvalue weighted by molar-refractivity contribution is 5.84. The van der Waals surface area contributed by atoms with Crippen molar-refractivity contribution in [2.45, 2.75) is 64.3 Å². The fourth-order valence-corrected chi connectivity index (χ4v) is 2.57. The van der Waals surface area contributed by atoms with Gasteiger partial charge in [0.25, 0.3) is 0 Å². The fourth-order valence-electron chi connectivity index (χ4n) is 2.57. The van der Waals surface area contributed by atoms with E-state index in [9.17, 15) is 27.9 Å². The van der Waals surface area contributed by atoms with Crippen molar-refractivity contribution >= 4 is 11.9 Å². The highest BCUT2D eigenvalue weighted by Gasteiger charge is 2.34. The predicted molar refractivity (Wildman–Crippen MR) is 94.4 cm³/mol. The van der Waals surface area contributed by atoms with Crippen molar-refractivity contribution in [1.82, 2.24) is 5.32 Å². The third-order valence-electron chi connectivity index (χ3n) is 3.86. The quantitative estimate of drug-likeness (QED) is 0.705. The van der Waals surface area contributed by atoms with E-state index < -0.39 is 41.2 Å². The molecule has 0 aliphatic rings. The van der Waals surface area contributed by atoms with Gasteiger partial charge in [0.15, 0.2) is 0 Å². The first kappa shape index (κ1) is 23.0. The van der Waals surface area contributed by atoms with Crippen LogP contribution in [0.5, 0.6) is 0 Å². The summed E-state index contributed by atoms with van der Waals surface area (Å²) in [6.45, 7) is 7.10. The molecule has 1 rings (SSSR count). The normalized spacial score (nSPS) is 14.5. The molecule has 2 unspecified atom stereocenters. The number of hydrogen-bond acceptors (Lipinski definition) is 3. The summed E-state index contributed by atoms with van der Waals surface area (Å²) in [6.07, 6.45) is -4.71. The molecule has 1 amide bonds. The number of ether oxygens (including phenoxy) is 1. The maximum Gasteiger partial charge on any atom is 0.416 e. The van der Waals surface area contributed by atoms with Crippen molar-refractivity contribution in [1.29, 1.82) is 0 Å². The number of benzene rings is 1. The maximum atomic E-state index is 13.1. The van der Waals surface area contributed by atoms with Crippen molar-refractivity contribution in [3.8, 4) is 0 Å². The Morgan fingerprint density at radius 3 is 2.30 bits per heavy atom. The van der Waals surface area contributed by atoms with E-state index >= 15 is 0 Å². The van der Waals surface area contributed by atoms with E-state index in [4.69, 9.17) is 4.74 Å². The first-order valence-electron chi connectivity index (χ1n) is 8.63. The molecule has 0 aliphatic heterocycles. The molecule has 2 N–H and O–H groups in total. The molecule has 0 heterocycles. The SMILES string of the molecule is CC(CC(=O)NC(CCOC(C)(C)C)C(=O)O)c1ccccc1C(F)(F)F. The van der Waals surface area contributed by atoms with E-state index in [1.165, 1.54) is 25.1 Å². The lowest BCUT2D eigenvalue weighted by Crippen LogP contribution is -2.42. The number of amides is 1. The van der Waals surface area contributed by atoms with Gasteiger partial charge in [-0.15, -0.1) is 0 Å². The van der Waals surface area contributed by atoms with Crippen LogP contribution in [0, 0.1) is 0 Å². The van der Waals surface area contributed by atoms with Crippen LogP contribution < -0.4 is 5.32 Å². The Kier molecular flexibility index (Phi) is 7.83. The molecule has 1 aromatic carbocycles. The average Bonchev–Trinajstić information content (AvgIpc) is 2.51. The monoisotopic (exact) mass is 389 g/mol. The van der Waals surface area contributed by atoms with Crippen LogP contribution in [0.1, 0.15) is 57.6 Å². The Morgan fingerprint density at radius 2 is 1.78 bits per heavy atom. The zero-order valence-corrected chi connectivity index (χ0v) is 15.9. The van der Waals surface area contributed by atoms with E-state index in [1.807, 2.05) is 20.8 Å². The molecule has 0 bridgehead atoms. The molecule has 0 radical (unpaired) electrons. The van der Waals surface area contributed by atoms with Crippen LogP contribution in [-0.2, 0) is 20.5 Å². The summed E-state index contributed by atoms with van der Waals surface area (Å²) in [4.78, 5) is 23.5. The minimum atomic E-state index is -4.52. The second kappa shape index (κ2) is 9.21. The molecule has 8 heteroatoms. The van der Waals surface area contributed by atoms with Gasteiger partial charge in [-0.25, -0.2) is 4.79 Å². The van der Waals surface area contributed by atoms with Crippen molar-refractivity contribution in [3.63, 3.8) is 0 Å². The van der Waals surface area contributed by atoms with Gasteiger partial charge in [0.1, 0.15) is 6.04 Å². The summed E-state index contributed by atoms with van der Waals surface area (Å²) in [5, 5.41) is 11.6. The summed E-state index contributed by atoms with van der Waals surface area (Å²) in [7, 11) is 0. The van der Waals surface area contributed by atoms with Crippen LogP contribution in [0.4, 0.5) is 13.2 Å². The van der Waals surface area contributed by atoms with Gasteiger partial charge in [-0.2, -0.15) is 13.2 Å². The van der Waals surface area contributed by atoms with Gasteiger partial charge >= 0.3 is 12.1 Å². The summed E-state index contributed by atoms with van der Waals surface area (Å²) in [6, 6.07) is 3.89. The first-order chi connectivity index (χ1) is 12.3. The fraction of sp³-hybridized carbons (Fsp3) is 0.579. The van der Waals surface area contributed by atoms with Crippen molar-refractivity contribution in [2.24, 2.45) is 0 Å². The van der Waals surface area contributed by atoms with Crippen LogP contribution in [-0.4, -0.2) is 35.2 Å². The number of aliphatic carboxylic acids is 1. The predicted octanol–water partition coefficient (Wildman–Crippen LogP) is 3.97. The van der Waals surface area contributed by atoms with Gasteiger partial charge < -0.3 is 15.2 Å². The zero-order chi connectivity index (χ0) is 20.8. The Labute approximate surface area is 156 Å². The molecule has 152 valence electrons. The number of carbonyl (C=O) groups is 2. The first-order valence-corrected chi connectivity index (χ1v) is 8.63. The lowest BCUT2D eigenvalue weighted by Gasteiger charge is -2.22. The molecular weight excluding hydrogens is 363 g/mol. The molecule has 0 saturated carbocycles. The summed E-state index contributed by atoms with van der Waals surface area (Å²) in [5.74, 6) is -2.56. The molecule has 0 saturated heterocycles. The van der Waals surface area contributed by atoms with Crippen LogP contribution in [0.25, 0.3) is 0 Å². The second-order valence-corrected chi connectivity index (χ2v) is 7.40. The van der Waals surface area contributed by atoms with E-state index in [1.54, 1.807) is 0 Å². The second-order valence-electron chi connectivity index (χ2n) is 7.40. The molecule has 0 aromatic heterocycles. The minimum Gasteiger partial charge on any atom is -0.480 e. The third kappa shape index (κ3) is 7.99. The lowest BCUT2D eigenvalue weighted by molar-refractivity contribution is -0.142. The van der Waals surface area contributed by atoms with Gasteiger partial charge in [0.2, 0.25) is 5.91 Å². The molecule has 5 nitrogen and oxygen atoms in total. The van der Waals surface area contributed by atoms with E-state index in [2.05, 4.69) is 5.32 Å². The number of halogens is 3. The summed E-state index contributed by atoms with van der Waals surface area (Å²) < 4.78 is 44.8. The number of alkyl halides is 3. The number of carbonyl (C=O) groups excluding carboxylic acids is 1. The van der Waals surface area contributed by atoms with E-state index in [0.29, 0.717) is 0 Å². The molecule has 1 aromatic rings. The van der Waals surface area contributed by atoms with Crippen molar-refractivity contribution < 1.29 is 32.6 Å². The van der Waals surface area contributed by atoms with Gasteiger partial charge in [0.05, 0.1) is 11.2 Å². The Bertz CT molecular complexity index is 653. The largest absolute Gasteiger partial charge is 0.480 e. The highest BCUT2D eigenvalue weighted by Crippen LogP contribution is 2.35. The molecule has 0 fully saturated rings. The van der Waals surface area contributed by atoms with E-state index in [-0.39, 0.29) is 25.0 Å². The number of nitrogens with one attached hydrogen (secondary N) is 1. The Balaban J connectivity index is 2.73. The van der Waals surface area contributed by atoms with Crippen molar-refractivity contribution in [3.05, 3.63) is 35.4 Å². The van der Waals surface area contributed by atoms with Gasteiger partial charge in [-0.05, 0) is 38.3 Å². The van der Waals surface area contributed by atoms with Gasteiger partial charge in [0, 0.05) is 19.4 Å². The minimum absolute atomic E-state index is 0.00286. The number of carboxylic acid groups (broad SMARTS) is 1. The number of rotatable bonds is 8. The van der Waals surface area contributed by atoms with Gasteiger partial charge in [-0.1, -0.05) is 25.1 Å². The molecule has 0 spiro atoms. The van der Waals surface area contributed by atoms with Crippen LogP contribution >= 0.6 is 0 Å². The van der Waals surface area contributed by atoms with E-state index in [0.717, 1.165) is 6.07 Å². The molecule has 0 aliphatic carbocycles. The maximum absolute atomic E-state index is 13.1. The standard InChI is InChI=1S/C19H26F3NO4/c1-12(13-7-5-6-8-14(13)19(20,21)22)11-16(24)23-15(17(25)26)9-10-27-18(2,3)4/h5-8,12,15H,9-11H2,1-4H3,(H,23,24)(H,25,26). The van der Waals surface area contributed by atoms with Crippen LogP contribution in [0.15, 0.2) is 24.3 Å². The van der Waals surface area contributed by atoms with Gasteiger partial charge in [-0.3, -0.25) is 4.79 Å². The summed E-state index contributed by atoms with van der Waals surface area (Å²) in [5.41, 5.74) is -1.23. The third-order valence-corrected chi connectivity index (χ3v) is 3.86. The van der Waals surface area contributed by atoms with Crippen molar-refractivity contribution in [2.75, 3.05) is 6.61 Å². The summed E-state index contributed by atoms with van der Waals surface area (Å²) >= 11 is 0. The number of carboxylic acids is 1. The van der Waals surface area contributed by atoms with Crippen LogP contribution in [0.3, 0.4) is 0 Å². The Hall–Kier alpha value is -2.09. The lowest BCUT2D eigenvalue weighted by atomic mass is 9.92. The smallest absolute Gasteiger partial charge is 0.416 e. The average molecular weight is 389 g/mol. The van der Waals surface area contributed by atoms with Crippen LogP contribution in [0.2, 0.25) is 0 Å². The topological polar surface area (TPSA) is 75.6 Å². The molecule has 27 heavy (non-hydrogen) atoms. The molecular formula is C19H26F3NO4. The molecule has 2 atom stereocenters. The zero-order valence-electron chi connectivity index (χ0n) is 15.9. The highest BCUT2D eigenvalue weighted by atomic mass is 19.4.